The van der Waals surface area contributed by atoms with E-state index in [-0.39, 0.29) is 36.6 Å². The van der Waals surface area contributed by atoms with Gasteiger partial charge >= 0.3 is 0 Å². The van der Waals surface area contributed by atoms with Crippen molar-refractivity contribution in [2.45, 2.75) is 70.3 Å². The third kappa shape index (κ3) is 7.06. The lowest BCUT2D eigenvalue weighted by molar-refractivity contribution is -0.135. The number of halogens is 4. The van der Waals surface area contributed by atoms with Crippen molar-refractivity contribution >= 4 is 35.0 Å². The van der Waals surface area contributed by atoms with E-state index >= 15 is 0 Å². The van der Waals surface area contributed by atoms with Crippen LogP contribution < -0.4 is 0 Å². The molecule has 0 aromatic heterocycles. The quantitative estimate of drug-likeness (QED) is 0.320. The van der Waals surface area contributed by atoms with Gasteiger partial charge in [-0.25, -0.2) is 8.78 Å². The van der Waals surface area contributed by atoms with E-state index in [0.717, 1.165) is 49.4 Å². The second-order valence-corrected chi connectivity index (χ2v) is 12.6. The molecular formula is C32H39Cl2F2N3O2. The highest BCUT2D eigenvalue weighted by atomic mass is 35.5. The van der Waals surface area contributed by atoms with Crippen LogP contribution in [0, 0.1) is 5.92 Å². The maximum Gasteiger partial charge on any atom is 0.253 e. The number of hydrogen-bond acceptors (Lipinski definition) is 3. The van der Waals surface area contributed by atoms with Crippen molar-refractivity contribution < 1.29 is 18.4 Å². The van der Waals surface area contributed by atoms with Crippen LogP contribution in [0.25, 0.3) is 11.1 Å². The molecule has 41 heavy (non-hydrogen) atoms. The zero-order valence-corrected chi connectivity index (χ0v) is 25.2. The lowest BCUT2D eigenvalue weighted by atomic mass is 9.91. The molecule has 1 aliphatic carbocycles. The molecule has 2 amide bonds. The maximum absolute atomic E-state index is 13.6. The van der Waals surface area contributed by atoms with Gasteiger partial charge in [0, 0.05) is 73.1 Å². The molecule has 0 unspecified atom stereocenters. The van der Waals surface area contributed by atoms with Crippen molar-refractivity contribution in [1.29, 1.82) is 0 Å². The Morgan fingerprint density at radius 3 is 2.17 bits per heavy atom. The summed E-state index contributed by atoms with van der Waals surface area (Å²) in [4.78, 5) is 32.4. The fourth-order valence-corrected chi connectivity index (χ4v) is 7.05. The molecule has 3 aliphatic rings. The number of likely N-dealkylation sites (tertiary alicyclic amines) is 1. The fraction of sp³-hybridized carbons (Fsp3) is 0.562. The van der Waals surface area contributed by atoms with Gasteiger partial charge in [-0.05, 0) is 79.6 Å². The van der Waals surface area contributed by atoms with Crippen LogP contribution in [0.1, 0.15) is 67.8 Å². The summed E-state index contributed by atoms with van der Waals surface area (Å²) in [6.45, 7) is 7.20. The van der Waals surface area contributed by atoms with Crippen LogP contribution in [0.2, 0.25) is 10.0 Å². The van der Waals surface area contributed by atoms with Crippen LogP contribution in [0.5, 0.6) is 0 Å². The number of piperazine rings is 1. The monoisotopic (exact) mass is 605 g/mol. The van der Waals surface area contributed by atoms with Crippen LogP contribution in [-0.2, 0) is 11.2 Å². The SMILES string of the molecule is CCCCN1CCN(C(=O)c2ccc(-c3cc(Cl)c(C[C@@H]4CCN(C5CCC(F)(F)CC5)C4=O)c(Cl)c3)cc2)CC1. The first-order chi connectivity index (χ1) is 19.6. The largest absolute Gasteiger partial charge is 0.339 e. The average Bonchev–Trinajstić information content (AvgIpc) is 3.33. The van der Waals surface area contributed by atoms with Gasteiger partial charge in [0.2, 0.25) is 11.8 Å². The molecule has 0 radical (unpaired) electrons. The highest BCUT2D eigenvalue weighted by molar-refractivity contribution is 6.36. The molecule has 9 heteroatoms. The smallest absolute Gasteiger partial charge is 0.253 e. The fourth-order valence-electron chi connectivity index (χ4n) is 6.41. The minimum Gasteiger partial charge on any atom is -0.339 e. The highest BCUT2D eigenvalue weighted by Gasteiger charge is 2.42. The molecule has 222 valence electrons. The van der Waals surface area contributed by atoms with E-state index in [0.29, 0.717) is 47.8 Å². The second-order valence-electron chi connectivity index (χ2n) is 11.8. The van der Waals surface area contributed by atoms with E-state index in [2.05, 4.69) is 11.8 Å². The van der Waals surface area contributed by atoms with Crippen molar-refractivity contribution in [3.63, 3.8) is 0 Å². The molecule has 2 aromatic carbocycles. The predicted octanol–water partition coefficient (Wildman–Crippen LogP) is 7.19. The summed E-state index contributed by atoms with van der Waals surface area (Å²) in [6.07, 6.45) is 3.85. The minimum absolute atomic E-state index is 0.0130. The number of alkyl halides is 2. The van der Waals surface area contributed by atoms with Gasteiger partial charge in [-0.3, -0.25) is 14.5 Å². The van der Waals surface area contributed by atoms with Gasteiger partial charge < -0.3 is 9.80 Å². The lowest BCUT2D eigenvalue weighted by Gasteiger charge is -2.34. The Morgan fingerprint density at radius 1 is 0.927 bits per heavy atom. The summed E-state index contributed by atoms with van der Waals surface area (Å²) >= 11 is 13.4. The number of unbranched alkanes of at least 4 members (excludes halogenated alkanes) is 1. The number of amides is 2. The van der Waals surface area contributed by atoms with E-state index in [1.807, 2.05) is 41.3 Å². The van der Waals surface area contributed by atoms with Gasteiger partial charge in [0.05, 0.1) is 0 Å². The summed E-state index contributed by atoms with van der Waals surface area (Å²) in [5.41, 5.74) is 3.14. The van der Waals surface area contributed by atoms with Gasteiger partial charge in [-0.2, -0.15) is 0 Å². The standard InChI is InChI=1S/C32H39Cl2F2N3O2/c1-2-3-13-37-15-17-38(18-16-37)30(40)23-6-4-22(5-7-23)25-20-28(33)27(29(34)21-25)19-24-10-14-39(31(24)41)26-8-11-32(35,36)12-9-26/h4-7,20-21,24,26H,2-3,8-19H2,1H3/t24-/m0/s1. The Bertz CT molecular complexity index is 1210. The molecule has 2 heterocycles. The Hall–Kier alpha value is -2.22. The first-order valence-electron chi connectivity index (χ1n) is 14.9. The minimum atomic E-state index is -2.61. The van der Waals surface area contributed by atoms with E-state index in [9.17, 15) is 18.4 Å². The molecule has 5 nitrogen and oxygen atoms in total. The van der Waals surface area contributed by atoms with Crippen molar-refractivity contribution in [3.05, 3.63) is 57.6 Å². The summed E-state index contributed by atoms with van der Waals surface area (Å²) in [7, 11) is 0. The molecule has 3 fully saturated rings. The number of benzene rings is 2. The Labute approximate surface area is 251 Å². The Kier molecular flexibility index (Phi) is 9.57. The number of carbonyl (C=O) groups excluding carboxylic acids is 2. The molecule has 0 spiro atoms. The maximum atomic E-state index is 13.6. The number of rotatable bonds is 8. The highest BCUT2D eigenvalue weighted by Crippen LogP contribution is 2.39. The molecule has 2 saturated heterocycles. The molecule has 5 rings (SSSR count). The van der Waals surface area contributed by atoms with Gasteiger partial charge in [-0.15, -0.1) is 0 Å². The van der Waals surface area contributed by atoms with Crippen molar-refractivity contribution in [2.24, 2.45) is 5.92 Å². The van der Waals surface area contributed by atoms with Gasteiger partial charge in [0.25, 0.3) is 5.91 Å². The van der Waals surface area contributed by atoms with Crippen molar-refractivity contribution in [2.75, 3.05) is 39.3 Å². The summed E-state index contributed by atoms with van der Waals surface area (Å²) in [5, 5.41) is 0.995. The molecule has 0 bridgehead atoms. The Morgan fingerprint density at radius 2 is 1.56 bits per heavy atom. The topological polar surface area (TPSA) is 43.9 Å². The summed E-state index contributed by atoms with van der Waals surface area (Å²) in [5.74, 6) is -2.80. The average molecular weight is 607 g/mol. The van der Waals surface area contributed by atoms with Crippen LogP contribution in [0.3, 0.4) is 0 Å². The summed E-state index contributed by atoms with van der Waals surface area (Å²) < 4.78 is 27.2. The van der Waals surface area contributed by atoms with Gasteiger partial charge in [0.1, 0.15) is 0 Å². The van der Waals surface area contributed by atoms with Gasteiger partial charge in [-0.1, -0.05) is 48.7 Å². The molecule has 1 atom stereocenters. The lowest BCUT2D eigenvalue weighted by Crippen LogP contribution is -2.48. The van der Waals surface area contributed by atoms with E-state index in [4.69, 9.17) is 23.2 Å². The summed E-state index contributed by atoms with van der Waals surface area (Å²) in [6, 6.07) is 11.1. The van der Waals surface area contributed by atoms with Crippen molar-refractivity contribution in [1.82, 2.24) is 14.7 Å². The normalized spacial score (nSPS) is 22.0. The van der Waals surface area contributed by atoms with E-state index in [1.54, 1.807) is 4.90 Å². The first-order valence-corrected chi connectivity index (χ1v) is 15.7. The third-order valence-electron chi connectivity index (χ3n) is 9.02. The third-order valence-corrected chi connectivity index (χ3v) is 9.70. The molecule has 2 aliphatic heterocycles. The van der Waals surface area contributed by atoms with E-state index < -0.39 is 5.92 Å². The first kappa shape index (κ1) is 30.2. The zero-order chi connectivity index (χ0) is 29.1. The second kappa shape index (κ2) is 13.0. The van der Waals surface area contributed by atoms with E-state index in [1.165, 1.54) is 12.8 Å². The molecule has 1 saturated carbocycles. The van der Waals surface area contributed by atoms with Crippen LogP contribution in [-0.4, -0.2) is 77.7 Å². The van der Waals surface area contributed by atoms with Crippen LogP contribution >= 0.6 is 23.2 Å². The number of nitrogens with zero attached hydrogens (tertiary/aromatic N) is 3. The molecule has 2 aromatic rings. The predicted molar refractivity (Wildman–Crippen MR) is 160 cm³/mol. The van der Waals surface area contributed by atoms with Crippen molar-refractivity contribution in [3.8, 4) is 11.1 Å². The van der Waals surface area contributed by atoms with Crippen LogP contribution in [0.4, 0.5) is 8.78 Å². The molecular weight excluding hydrogens is 567 g/mol. The zero-order valence-electron chi connectivity index (χ0n) is 23.7. The number of hydrogen-bond donors (Lipinski definition) is 0. The Balaban J connectivity index is 1.20. The number of carbonyl (C=O) groups is 2. The van der Waals surface area contributed by atoms with Gasteiger partial charge in [0.15, 0.2) is 0 Å². The molecule has 0 N–H and O–H groups in total. The van der Waals surface area contributed by atoms with Crippen LogP contribution in [0.15, 0.2) is 36.4 Å².